The van der Waals surface area contributed by atoms with Crippen molar-refractivity contribution in [2.75, 3.05) is 5.73 Å². The van der Waals surface area contributed by atoms with Crippen molar-refractivity contribution in [3.63, 3.8) is 0 Å². The van der Waals surface area contributed by atoms with E-state index in [4.69, 9.17) is 33.5 Å². The lowest BCUT2D eigenvalue weighted by Crippen LogP contribution is -1.86. The van der Waals surface area contributed by atoms with Gasteiger partial charge in [-0.3, -0.25) is 0 Å². The first-order chi connectivity index (χ1) is 9.63. The van der Waals surface area contributed by atoms with Crippen LogP contribution in [0.1, 0.15) is 0 Å². The summed E-state index contributed by atoms with van der Waals surface area (Å²) in [6.45, 7) is 0. The summed E-state index contributed by atoms with van der Waals surface area (Å²) in [6, 6.07) is 12.3. The van der Waals surface area contributed by atoms with Crippen molar-refractivity contribution < 1.29 is 4.52 Å². The Bertz CT molecular complexity index is 771. The van der Waals surface area contributed by atoms with E-state index < -0.39 is 0 Å². The van der Waals surface area contributed by atoms with Gasteiger partial charge in [0.2, 0.25) is 5.82 Å². The van der Waals surface area contributed by atoms with Crippen molar-refractivity contribution in [2.45, 2.75) is 0 Å². The second kappa shape index (κ2) is 5.15. The number of halogens is 2. The third-order valence-corrected chi connectivity index (χ3v) is 3.29. The molecule has 1 aromatic heterocycles. The smallest absolute Gasteiger partial charge is 0.258 e. The van der Waals surface area contributed by atoms with Crippen molar-refractivity contribution in [3.8, 4) is 22.8 Å². The highest BCUT2D eigenvalue weighted by molar-refractivity contribution is 6.35. The molecule has 6 heteroatoms. The van der Waals surface area contributed by atoms with E-state index in [0.29, 0.717) is 33.0 Å². The zero-order chi connectivity index (χ0) is 14.1. The molecule has 3 rings (SSSR count). The van der Waals surface area contributed by atoms with Crippen molar-refractivity contribution in [2.24, 2.45) is 0 Å². The van der Waals surface area contributed by atoms with E-state index in [1.165, 1.54) is 0 Å². The Kier molecular flexibility index (Phi) is 3.34. The number of hydrogen-bond donors (Lipinski definition) is 1. The van der Waals surface area contributed by atoms with E-state index in [9.17, 15) is 0 Å². The van der Waals surface area contributed by atoms with Gasteiger partial charge in [-0.2, -0.15) is 4.98 Å². The van der Waals surface area contributed by atoms with Gasteiger partial charge in [0, 0.05) is 21.8 Å². The second-order valence-electron chi connectivity index (χ2n) is 4.17. The molecule has 2 N–H and O–H groups in total. The van der Waals surface area contributed by atoms with Crippen LogP contribution in [-0.4, -0.2) is 10.1 Å². The van der Waals surface area contributed by atoms with Gasteiger partial charge in [0.25, 0.3) is 5.89 Å². The van der Waals surface area contributed by atoms with Crippen LogP contribution >= 0.6 is 23.2 Å². The molecule has 0 spiro atoms. The molecule has 0 aliphatic carbocycles. The van der Waals surface area contributed by atoms with E-state index in [1.54, 1.807) is 30.3 Å². The first-order valence-corrected chi connectivity index (χ1v) is 6.54. The molecular formula is C14H9Cl2N3O. The number of aromatic nitrogens is 2. The van der Waals surface area contributed by atoms with Crippen molar-refractivity contribution in [1.82, 2.24) is 10.1 Å². The van der Waals surface area contributed by atoms with Gasteiger partial charge in [-0.05, 0) is 36.4 Å². The van der Waals surface area contributed by atoms with Crippen LogP contribution in [-0.2, 0) is 0 Å². The monoisotopic (exact) mass is 305 g/mol. The molecule has 0 amide bonds. The maximum Gasteiger partial charge on any atom is 0.258 e. The second-order valence-corrected chi connectivity index (χ2v) is 5.02. The third-order valence-electron chi connectivity index (χ3n) is 2.73. The first-order valence-electron chi connectivity index (χ1n) is 5.78. The van der Waals surface area contributed by atoms with Crippen LogP contribution in [0.2, 0.25) is 10.0 Å². The minimum atomic E-state index is 0.378. The summed E-state index contributed by atoms with van der Waals surface area (Å²) in [5.74, 6) is 0.762. The van der Waals surface area contributed by atoms with Crippen LogP contribution in [0, 0.1) is 0 Å². The average Bonchev–Trinajstić information content (AvgIpc) is 2.91. The molecule has 0 atom stereocenters. The van der Waals surface area contributed by atoms with Crippen LogP contribution in [0.5, 0.6) is 0 Å². The summed E-state index contributed by atoms with van der Waals surface area (Å²) < 4.78 is 5.24. The fourth-order valence-corrected chi connectivity index (χ4v) is 2.16. The third kappa shape index (κ3) is 2.48. The summed E-state index contributed by atoms with van der Waals surface area (Å²) in [6.07, 6.45) is 0. The predicted molar refractivity (Wildman–Crippen MR) is 79.6 cm³/mol. The van der Waals surface area contributed by atoms with E-state index in [-0.39, 0.29) is 0 Å². The van der Waals surface area contributed by atoms with Crippen molar-refractivity contribution >= 4 is 28.9 Å². The standard InChI is InChI=1S/C14H9Cl2N3O/c15-9-4-5-12(16)11(7-9)13-18-14(20-19-13)8-2-1-3-10(17)6-8/h1-7H,17H2. The van der Waals surface area contributed by atoms with Crippen LogP contribution < -0.4 is 5.73 Å². The molecule has 0 aliphatic heterocycles. The highest BCUT2D eigenvalue weighted by atomic mass is 35.5. The van der Waals surface area contributed by atoms with Crippen molar-refractivity contribution in [1.29, 1.82) is 0 Å². The molecule has 0 aliphatic rings. The Labute approximate surface area is 125 Å². The fourth-order valence-electron chi connectivity index (χ4n) is 1.79. The van der Waals surface area contributed by atoms with Crippen LogP contribution in [0.3, 0.4) is 0 Å². The molecule has 20 heavy (non-hydrogen) atoms. The predicted octanol–water partition coefficient (Wildman–Crippen LogP) is 4.29. The number of anilines is 1. The van der Waals surface area contributed by atoms with E-state index in [2.05, 4.69) is 10.1 Å². The van der Waals surface area contributed by atoms with Gasteiger partial charge < -0.3 is 10.3 Å². The highest BCUT2D eigenvalue weighted by Crippen LogP contribution is 2.30. The Balaban J connectivity index is 2.04. The van der Waals surface area contributed by atoms with Crippen molar-refractivity contribution in [3.05, 3.63) is 52.5 Å². The number of nitrogen functional groups attached to an aromatic ring is 1. The van der Waals surface area contributed by atoms with E-state index in [0.717, 1.165) is 5.56 Å². The largest absolute Gasteiger partial charge is 0.399 e. The molecule has 0 saturated carbocycles. The molecule has 0 saturated heterocycles. The van der Waals surface area contributed by atoms with Gasteiger partial charge in [-0.25, -0.2) is 0 Å². The minimum Gasteiger partial charge on any atom is -0.399 e. The lowest BCUT2D eigenvalue weighted by Gasteiger charge is -1.98. The Morgan fingerprint density at radius 3 is 2.70 bits per heavy atom. The SMILES string of the molecule is Nc1cccc(-c2nc(-c3cc(Cl)ccc3Cl)no2)c1. The summed E-state index contributed by atoms with van der Waals surface area (Å²) in [7, 11) is 0. The Hall–Kier alpha value is -2.04. The first kappa shape index (κ1) is 13.0. The van der Waals surface area contributed by atoms with Gasteiger partial charge in [0.15, 0.2) is 0 Å². The lowest BCUT2D eigenvalue weighted by atomic mass is 10.2. The number of hydrogen-bond acceptors (Lipinski definition) is 4. The number of benzene rings is 2. The minimum absolute atomic E-state index is 0.378. The number of nitrogens with two attached hydrogens (primary N) is 1. The van der Waals surface area contributed by atoms with E-state index >= 15 is 0 Å². The maximum absolute atomic E-state index is 6.11. The molecule has 3 aromatic rings. The summed E-state index contributed by atoms with van der Waals surface area (Å²) >= 11 is 12.1. The average molecular weight is 306 g/mol. The molecule has 0 bridgehead atoms. The molecule has 4 nitrogen and oxygen atoms in total. The lowest BCUT2D eigenvalue weighted by molar-refractivity contribution is 0.432. The van der Waals surface area contributed by atoms with Crippen LogP contribution in [0.15, 0.2) is 47.0 Å². The quantitative estimate of drug-likeness (QED) is 0.717. The summed E-state index contributed by atoms with van der Waals surface area (Å²) in [5, 5.41) is 4.99. The molecular weight excluding hydrogens is 297 g/mol. The molecule has 2 aromatic carbocycles. The molecule has 0 unspecified atom stereocenters. The van der Waals surface area contributed by atoms with Gasteiger partial charge >= 0.3 is 0 Å². The van der Waals surface area contributed by atoms with Crippen LogP contribution in [0.25, 0.3) is 22.8 Å². The normalized spacial score (nSPS) is 10.7. The van der Waals surface area contributed by atoms with Gasteiger partial charge in [-0.1, -0.05) is 34.4 Å². The zero-order valence-electron chi connectivity index (χ0n) is 10.2. The van der Waals surface area contributed by atoms with Crippen LogP contribution in [0.4, 0.5) is 5.69 Å². The summed E-state index contributed by atoms with van der Waals surface area (Å²) in [5.41, 5.74) is 7.73. The fraction of sp³-hybridized carbons (Fsp3) is 0. The highest BCUT2D eigenvalue weighted by Gasteiger charge is 2.13. The number of rotatable bonds is 2. The molecule has 100 valence electrons. The van der Waals surface area contributed by atoms with E-state index in [1.807, 2.05) is 12.1 Å². The number of nitrogens with zero attached hydrogens (tertiary/aromatic N) is 2. The Morgan fingerprint density at radius 2 is 1.90 bits per heavy atom. The zero-order valence-corrected chi connectivity index (χ0v) is 11.7. The molecule has 1 heterocycles. The van der Waals surface area contributed by atoms with Gasteiger partial charge in [0.1, 0.15) is 0 Å². The topological polar surface area (TPSA) is 64.9 Å². The summed E-state index contributed by atoms with van der Waals surface area (Å²) in [4.78, 5) is 4.32. The van der Waals surface area contributed by atoms with Gasteiger partial charge in [-0.15, -0.1) is 0 Å². The van der Waals surface area contributed by atoms with Gasteiger partial charge in [0.05, 0.1) is 5.02 Å². The molecule has 0 fully saturated rings. The molecule has 0 radical (unpaired) electrons. The Morgan fingerprint density at radius 1 is 1.05 bits per heavy atom. The maximum atomic E-state index is 6.11.